The highest BCUT2D eigenvalue weighted by atomic mass is 32.1. The van der Waals surface area contributed by atoms with Crippen molar-refractivity contribution in [1.82, 2.24) is 0 Å². The van der Waals surface area contributed by atoms with Gasteiger partial charge in [0.25, 0.3) is 0 Å². The molecule has 2 nitrogen and oxygen atoms in total. The first-order valence-electron chi connectivity index (χ1n) is 3.77. The molecule has 3 heteroatoms. The summed E-state index contributed by atoms with van der Waals surface area (Å²) in [5.41, 5.74) is -0.396. The molecule has 0 spiro atoms. The van der Waals surface area contributed by atoms with Gasteiger partial charge in [-0.15, -0.1) is 0 Å². The van der Waals surface area contributed by atoms with Crippen LogP contribution in [-0.4, -0.2) is 16.8 Å². The summed E-state index contributed by atoms with van der Waals surface area (Å²) in [6.45, 7) is 7.45. The van der Waals surface area contributed by atoms with Crippen molar-refractivity contribution in [3.63, 3.8) is 0 Å². The van der Waals surface area contributed by atoms with Crippen LogP contribution in [0.2, 0.25) is 0 Å². The Labute approximate surface area is 73.7 Å². The molecule has 0 bridgehead atoms. The summed E-state index contributed by atoms with van der Waals surface area (Å²) in [5, 5.41) is -0.283. The molecule has 0 N–H and O–H groups in total. The molecule has 66 valence electrons. The number of esters is 1. The zero-order chi connectivity index (χ0) is 9.07. The van der Waals surface area contributed by atoms with E-state index in [4.69, 9.17) is 4.74 Å². The van der Waals surface area contributed by atoms with E-state index in [9.17, 15) is 4.79 Å². The number of ether oxygens (including phenoxy) is 1. The Morgan fingerprint density at radius 1 is 1.55 bits per heavy atom. The largest absolute Gasteiger partial charge is 0.459 e. The molecule has 0 amide bonds. The van der Waals surface area contributed by atoms with E-state index < -0.39 is 5.60 Å². The Morgan fingerprint density at radius 2 is 2.00 bits per heavy atom. The zero-order valence-corrected chi connectivity index (χ0v) is 8.44. The lowest BCUT2D eigenvalue weighted by molar-refractivity contribution is -0.154. The Hall–Kier alpha value is -0.180. The van der Waals surface area contributed by atoms with Crippen LogP contribution in [0.4, 0.5) is 0 Å². The van der Waals surface area contributed by atoms with Crippen molar-refractivity contribution in [2.24, 2.45) is 0 Å². The van der Waals surface area contributed by atoms with Gasteiger partial charge in [-0.3, -0.25) is 4.79 Å². The first-order valence-corrected chi connectivity index (χ1v) is 4.29. The monoisotopic (exact) mass is 176 g/mol. The predicted octanol–water partition coefficient (Wildman–Crippen LogP) is 2.04. The summed E-state index contributed by atoms with van der Waals surface area (Å²) >= 11 is 4.06. The fourth-order valence-corrected chi connectivity index (χ4v) is 0.589. The molecule has 0 fully saturated rings. The van der Waals surface area contributed by atoms with Crippen molar-refractivity contribution in [3.05, 3.63) is 0 Å². The van der Waals surface area contributed by atoms with Crippen molar-refractivity contribution in [2.45, 2.75) is 45.0 Å². The van der Waals surface area contributed by atoms with Crippen molar-refractivity contribution in [3.8, 4) is 0 Å². The maximum atomic E-state index is 11.1. The van der Waals surface area contributed by atoms with Gasteiger partial charge >= 0.3 is 5.97 Å². The van der Waals surface area contributed by atoms with E-state index in [1.165, 1.54) is 0 Å². The maximum absolute atomic E-state index is 11.1. The second kappa shape index (κ2) is 4.00. The molecule has 0 aliphatic rings. The molecule has 0 aromatic rings. The second-order valence-corrected chi connectivity index (χ2v) is 4.08. The van der Waals surface area contributed by atoms with E-state index in [-0.39, 0.29) is 11.2 Å². The average molecular weight is 176 g/mol. The van der Waals surface area contributed by atoms with E-state index in [0.29, 0.717) is 6.42 Å². The predicted molar refractivity (Wildman–Crippen MR) is 48.9 cm³/mol. The minimum Gasteiger partial charge on any atom is -0.459 e. The average Bonchev–Trinajstić information content (AvgIpc) is 1.82. The molecule has 0 aromatic carbocycles. The van der Waals surface area contributed by atoms with E-state index in [1.807, 2.05) is 27.7 Å². The Morgan fingerprint density at radius 3 is 2.27 bits per heavy atom. The van der Waals surface area contributed by atoms with Gasteiger partial charge < -0.3 is 4.74 Å². The van der Waals surface area contributed by atoms with Crippen LogP contribution in [0.5, 0.6) is 0 Å². The van der Waals surface area contributed by atoms with Crippen LogP contribution in [0.1, 0.15) is 34.1 Å². The van der Waals surface area contributed by atoms with E-state index in [2.05, 4.69) is 12.6 Å². The topological polar surface area (TPSA) is 26.3 Å². The molecule has 0 aromatic heterocycles. The SMILES string of the molecule is CCC(S)C(=O)OC(C)(C)C. The van der Waals surface area contributed by atoms with Crippen LogP contribution < -0.4 is 0 Å². The van der Waals surface area contributed by atoms with E-state index >= 15 is 0 Å². The summed E-state index contributed by atoms with van der Waals surface area (Å²) in [5.74, 6) is -0.233. The second-order valence-electron chi connectivity index (χ2n) is 3.46. The van der Waals surface area contributed by atoms with Crippen molar-refractivity contribution in [2.75, 3.05) is 0 Å². The highest BCUT2D eigenvalue weighted by Gasteiger charge is 2.20. The molecular formula is C8H16O2S. The lowest BCUT2D eigenvalue weighted by Crippen LogP contribution is -2.28. The van der Waals surface area contributed by atoms with Crippen molar-refractivity contribution in [1.29, 1.82) is 0 Å². The molecule has 0 rings (SSSR count). The first kappa shape index (κ1) is 10.8. The summed E-state index contributed by atoms with van der Waals surface area (Å²) in [6.07, 6.45) is 0.706. The van der Waals surface area contributed by atoms with Crippen LogP contribution in [-0.2, 0) is 9.53 Å². The van der Waals surface area contributed by atoms with Gasteiger partial charge in [-0.05, 0) is 27.2 Å². The van der Waals surface area contributed by atoms with Crippen molar-refractivity contribution >= 4 is 18.6 Å². The lowest BCUT2D eigenvalue weighted by atomic mass is 10.2. The molecule has 0 aliphatic carbocycles. The van der Waals surface area contributed by atoms with Gasteiger partial charge in [-0.25, -0.2) is 0 Å². The smallest absolute Gasteiger partial charge is 0.319 e. The third-order valence-electron chi connectivity index (χ3n) is 1.07. The fraction of sp³-hybridized carbons (Fsp3) is 0.875. The number of carbonyl (C=O) groups is 1. The molecule has 0 aliphatic heterocycles. The lowest BCUT2D eigenvalue weighted by Gasteiger charge is -2.21. The normalized spacial score (nSPS) is 14.3. The van der Waals surface area contributed by atoms with E-state index in [0.717, 1.165) is 0 Å². The quantitative estimate of drug-likeness (QED) is 0.514. The van der Waals surface area contributed by atoms with Gasteiger partial charge in [0, 0.05) is 0 Å². The van der Waals surface area contributed by atoms with Gasteiger partial charge in [0.1, 0.15) is 5.60 Å². The number of hydrogen-bond donors (Lipinski definition) is 1. The van der Waals surface area contributed by atoms with Crippen LogP contribution >= 0.6 is 12.6 Å². The standard InChI is InChI=1S/C8H16O2S/c1-5-6(11)7(9)10-8(2,3)4/h6,11H,5H2,1-4H3. The third-order valence-corrected chi connectivity index (χ3v) is 1.64. The maximum Gasteiger partial charge on any atom is 0.319 e. The third kappa shape index (κ3) is 5.13. The van der Waals surface area contributed by atoms with Crippen molar-refractivity contribution < 1.29 is 9.53 Å². The fourth-order valence-electron chi connectivity index (χ4n) is 0.536. The highest BCUT2D eigenvalue weighted by Crippen LogP contribution is 2.12. The number of hydrogen-bond acceptors (Lipinski definition) is 3. The highest BCUT2D eigenvalue weighted by molar-refractivity contribution is 7.81. The molecular weight excluding hydrogens is 160 g/mol. The molecule has 0 saturated heterocycles. The molecule has 0 radical (unpaired) electrons. The number of thiol groups is 1. The molecule has 1 unspecified atom stereocenters. The molecule has 0 saturated carbocycles. The van der Waals surface area contributed by atoms with Crippen LogP contribution in [0.15, 0.2) is 0 Å². The van der Waals surface area contributed by atoms with Crippen LogP contribution in [0.25, 0.3) is 0 Å². The molecule has 0 heterocycles. The van der Waals surface area contributed by atoms with Gasteiger partial charge in [0.2, 0.25) is 0 Å². The van der Waals surface area contributed by atoms with Gasteiger partial charge in [-0.1, -0.05) is 6.92 Å². The van der Waals surface area contributed by atoms with E-state index in [1.54, 1.807) is 0 Å². The summed E-state index contributed by atoms with van der Waals surface area (Å²) < 4.78 is 5.08. The molecule has 11 heavy (non-hydrogen) atoms. The number of rotatable bonds is 2. The van der Waals surface area contributed by atoms with Gasteiger partial charge in [-0.2, -0.15) is 12.6 Å². The Bertz CT molecular complexity index is 138. The number of carbonyl (C=O) groups excluding carboxylic acids is 1. The zero-order valence-electron chi connectivity index (χ0n) is 7.55. The van der Waals surface area contributed by atoms with Gasteiger partial charge in [0.15, 0.2) is 0 Å². The van der Waals surface area contributed by atoms with Crippen LogP contribution in [0.3, 0.4) is 0 Å². The summed E-state index contributed by atoms with van der Waals surface area (Å²) in [7, 11) is 0. The first-order chi connectivity index (χ1) is 4.87. The summed E-state index contributed by atoms with van der Waals surface area (Å²) in [4.78, 5) is 11.1. The summed E-state index contributed by atoms with van der Waals surface area (Å²) in [6, 6.07) is 0. The minimum absolute atomic E-state index is 0.233. The Kier molecular flexibility index (Phi) is 3.93. The minimum atomic E-state index is -0.396. The van der Waals surface area contributed by atoms with Crippen LogP contribution in [0, 0.1) is 0 Å². The molecule has 1 atom stereocenters. The Balaban J connectivity index is 3.88. The van der Waals surface area contributed by atoms with Gasteiger partial charge in [0.05, 0.1) is 5.25 Å².